The first-order chi connectivity index (χ1) is 6.00. The quantitative estimate of drug-likeness (QED) is 0.776. The topological polar surface area (TPSA) is 26.0 Å². The van der Waals surface area contributed by atoms with E-state index in [1.165, 1.54) is 0 Å². The number of halogens is 5. The largest absolute Gasteiger partial charge is 0.319 e. The van der Waals surface area contributed by atoms with Crippen molar-refractivity contribution in [3.63, 3.8) is 0 Å². The normalized spacial score (nSPS) is 12.4. The second kappa shape index (κ2) is 5.17. The molecule has 0 spiro atoms. The van der Waals surface area contributed by atoms with Crippen LogP contribution in [-0.2, 0) is 0 Å². The summed E-state index contributed by atoms with van der Waals surface area (Å²) in [6.45, 7) is 0. The monoisotopic (exact) mass is 229 g/mol. The first-order valence-electron chi connectivity index (χ1n) is 3.50. The van der Waals surface area contributed by atoms with Gasteiger partial charge in [0.25, 0.3) is 6.43 Å². The maximum absolute atomic E-state index is 12.5. The SMILES string of the molecule is Cl.N[C@H](c1cc(F)cc(F)c1)C(F)F. The van der Waals surface area contributed by atoms with Crippen molar-refractivity contribution in [3.05, 3.63) is 35.4 Å². The van der Waals surface area contributed by atoms with Gasteiger partial charge in [-0.2, -0.15) is 0 Å². The number of rotatable bonds is 2. The zero-order chi connectivity index (χ0) is 10.0. The minimum absolute atomic E-state index is 0. The Morgan fingerprint density at radius 1 is 1.00 bits per heavy atom. The fourth-order valence-corrected chi connectivity index (χ4v) is 0.913. The summed E-state index contributed by atoms with van der Waals surface area (Å²) in [5.41, 5.74) is 4.75. The lowest BCUT2D eigenvalue weighted by atomic mass is 10.1. The molecule has 1 nitrogen and oxygen atoms in total. The van der Waals surface area contributed by atoms with E-state index in [4.69, 9.17) is 5.73 Å². The first kappa shape index (κ1) is 13.2. The fourth-order valence-electron chi connectivity index (χ4n) is 0.913. The van der Waals surface area contributed by atoms with E-state index >= 15 is 0 Å². The molecule has 0 unspecified atom stereocenters. The number of benzene rings is 1. The zero-order valence-electron chi connectivity index (χ0n) is 6.88. The Morgan fingerprint density at radius 3 is 1.79 bits per heavy atom. The van der Waals surface area contributed by atoms with Gasteiger partial charge in [0.15, 0.2) is 0 Å². The van der Waals surface area contributed by atoms with Crippen LogP contribution in [-0.4, -0.2) is 6.43 Å². The zero-order valence-corrected chi connectivity index (χ0v) is 7.70. The molecule has 0 saturated carbocycles. The van der Waals surface area contributed by atoms with Gasteiger partial charge in [0, 0.05) is 6.07 Å². The average Bonchev–Trinajstić information content (AvgIpc) is 2.01. The van der Waals surface area contributed by atoms with E-state index in [1.807, 2.05) is 0 Å². The van der Waals surface area contributed by atoms with Crippen molar-refractivity contribution in [2.24, 2.45) is 5.73 Å². The molecule has 0 fully saturated rings. The van der Waals surface area contributed by atoms with Crippen LogP contribution in [0.5, 0.6) is 0 Å². The van der Waals surface area contributed by atoms with Gasteiger partial charge in [-0.25, -0.2) is 17.6 Å². The van der Waals surface area contributed by atoms with E-state index in [0.29, 0.717) is 6.07 Å². The number of alkyl halides is 2. The van der Waals surface area contributed by atoms with Gasteiger partial charge >= 0.3 is 0 Å². The predicted octanol–water partition coefficient (Wildman–Crippen LogP) is 2.65. The summed E-state index contributed by atoms with van der Waals surface area (Å²) in [6, 6.07) is 0.534. The third-order valence-corrected chi connectivity index (χ3v) is 1.54. The molecule has 0 aliphatic heterocycles. The molecule has 0 aliphatic carbocycles. The van der Waals surface area contributed by atoms with Gasteiger partial charge in [-0.3, -0.25) is 0 Å². The Balaban J connectivity index is 0.00000169. The Bertz CT molecular complexity index is 285. The van der Waals surface area contributed by atoms with E-state index in [-0.39, 0.29) is 18.0 Å². The molecule has 1 rings (SSSR count). The molecule has 0 saturated heterocycles. The smallest absolute Gasteiger partial charge is 0.257 e. The van der Waals surface area contributed by atoms with Gasteiger partial charge < -0.3 is 5.73 Å². The highest BCUT2D eigenvalue weighted by molar-refractivity contribution is 5.85. The molecule has 14 heavy (non-hydrogen) atoms. The predicted molar refractivity (Wildman–Crippen MR) is 46.5 cm³/mol. The maximum atomic E-state index is 12.5. The Morgan fingerprint density at radius 2 is 1.43 bits per heavy atom. The van der Waals surface area contributed by atoms with Gasteiger partial charge in [0.2, 0.25) is 0 Å². The third kappa shape index (κ3) is 3.16. The van der Waals surface area contributed by atoms with Crippen molar-refractivity contribution in [1.29, 1.82) is 0 Å². The van der Waals surface area contributed by atoms with Crippen LogP contribution in [0, 0.1) is 11.6 Å². The van der Waals surface area contributed by atoms with Gasteiger partial charge in [0.1, 0.15) is 11.6 Å². The van der Waals surface area contributed by atoms with Crippen molar-refractivity contribution in [3.8, 4) is 0 Å². The molecule has 0 radical (unpaired) electrons. The summed E-state index contributed by atoms with van der Waals surface area (Å²) in [7, 11) is 0. The highest BCUT2D eigenvalue weighted by Gasteiger charge is 2.18. The summed E-state index contributed by atoms with van der Waals surface area (Å²) >= 11 is 0. The highest BCUT2D eigenvalue weighted by atomic mass is 35.5. The van der Waals surface area contributed by atoms with Crippen molar-refractivity contribution in [2.75, 3.05) is 0 Å². The molecule has 6 heteroatoms. The molecular weight excluding hydrogens is 222 g/mol. The summed E-state index contributed by atoms with van der Waals surface area (Å²) in [5.74, 6) is -1.82. The lowest BCUT2D eigenvalue weighted by molar-refractivity contribution is 0.116. The first-order valence-corrected chi connectivity index (χ1v) is 3.50. The van der Waals surface area contributed by atoms with E-state index in [9.17, 15) is 17.6 Å². The van der Waals surface area contributed by atoms with Gasteiger partial charge in [-0.15, -0.1) is 12.4 Å². The van der Waals surface area contributed by atoms with Crippen LogP contribution in [0.1, 0.15) is 11.6 Å². The molecule has 1 aromatic rings. The van der Waals surface area contributed by atoms with Crippen LogP contribution in [0.3, 0.4) is 0 Å². The second-order valence-electron chi connectivity index (χ2n) is 2.56. The summed E-state index contributed by atoms with van der Waals surface area (Å²) in [4.78, 5) is 0. The van der Waals surface area contributed by atoms with E-state index in [0.717, 1.165) is 12.1 Å². The van der Waals surface area contributed by atoms with Crippen LogP contribution in [0.25, 0.3) is 0 Å². The van der Waals surface area contributed by atoms with Crippen molar-refractivity contribution in [1.82, 2.24) is 0 Å². The second-order valence-corrected chi connectivity index (χ2v) is 2.56. The lowest BCUT2D eigenvalue weighted by Crippen LogP contribution is -2.19. The standard InChI is InChI=1S/C8H7F4N.ClH/c9-5-1-4(2-6(10)3-5)7(13)8(11)12;/h1-3,7-8H,13H2;1H/t7-;/m1./s1. The molecule has 1 aromatic carbocycles. The maximum Gasteiger partial charge on any atom is 0.257 e. The van der Waals surface area contributed by atoms with Crippen molar-refractivity contribution >= 4 is 12.4 Å². The number of hydrogen-bond donors (Lipinski definition) is 1. The Kier molecular flexibility index (Phi) is 4.87. The number of nitrogens with two attached hydrogens (primary N) is 1. The van der Waals surface area contributed by atoms with Gasteiger partial charge in [-0.05, 0) is 17.7 Å². The van der Waals surface area contributed by atoms with E-state index in [1.54, 1.807) is 0 Å². The van der Waals surface area contributed by atoms with Crippen LogP contribution < -0.4 is 5.73 Å². The molecule has 0 aromatic heterocycles. The molecule has 80 valence electrons. The minimum atomic E-state index is -2.83. The Hall–Kier alpha value is -0.810. The average molecular weight is 230 g/mol. The van der Waals surface area contributed by atoms with Crippen LogP contribution in [0.2, 0.25) is 0 Å². The third-order valence-electron chi connectivity index (χ3n) is 1.54. The van der Waals surface area contributed by atoms with Crippen molar-refractivity contribution < 1.29 is 17.6 Å². The molecular formula is C8H8ClF4N. The van der Waals surface area contributed by atoms with E-state index < -0.39 is 24.1 Å². The van der Waals surface area contributed by atoms with Crippen LogP contribution in [0.4, 0.5) is 17.6 Å². The fraction of sp³-hybridized carbons (Fsp3) is 0.250. The van der Waals surface area contributed by atoms with Gasteiger partial charge in [0.05, 0.1) is 6.04 Å². The van der Waals surface area contributed by atoms with Crippen LogP contribution in [0.15, 0.2) is 18.2 Å². The molecule has 0 heterocycles. The molecule has 0 bridgehead atoms. The number of hydrogen-bond acceptors (Lipinski definition) is 1. The highest BCUT2D eigenvalue weighted by Crippen LogP contribution is 2.19. The Labute approximate surface area is 84.3 Å². The minimum Gasteiger partial charge on any atom is -0.319 e. The lowest BCUT2D eigenvalue weighted by Gasteiger charge is -2.10. The molecule has 2 N–H and O–H groups in total. The van der Waals surface area contributed by atoms with Crippen LogP contribution >= 0.6 is 12.4 Å². The molecule has 1 atom stereocenters. The summed E-state index contributed by atoms with van der Waals surface area (Å²) in [5, 5.41) is 0. The molecule has 0 aliphatic rings. The van der Waals surface area contributed by atoms with Crippen molar-refractivity contribution in [2.45, 2.75) is 12.5 Å². The van der Waals surface area contributed by atoms with Gasteiger partial charge in [-0.1, -0.05) is 0 Å². The molecule has 0 amide bonds. The summed E-state index contributed by atoms with van der Waals surface area (Å²) in [6.07, 6.45) is -2.83. The van der Waals surface area contributed by atoms with E-state index in [2.05, 4.69) is 0 Å². The summed E-state index contributed by atoms with van der Waals surface area (Å²) < 4.78 is 49.0.